The van der Waals surface area contributed by atoms with E-state index in [0.29, 0.717) is 16.2 Å². The predicted octanol–water partition coefficient (Wildman–Crippen LogP) is 5.77. The van der Waals surface area contributed by atoms with Crippen LogP contribution in [0.5, 0.6) is 0 Å². The fourth-order valence-corrected chi connectivity index (χ4v) is 3.81. The molecule has 0 aliphatic heterocycles. The molecule has 0 aromatic carbocycles. The lowest BCUT2D eigenvalue weighted by atomic mass is 10.2. The number of amides is 1. The third-order valence-electron chi connectivity index (χ3n) is 4.33. The molecule has 0 unspecified atom stereocenters. The Hall–Kier alpha value is -3.41. The predicted molar refractivity (Wildman–Crippen MR) is 101 cm³/mol. The minimum Gasteiger partial charge on any atom is -0.322 e. The van der Waals surface area contributed by atoms with Gasteiger partial charge in [-0.25, -0.2) is 0 Å². The van der Waals surface area contributed by atoms with Crippen molar-refractivity contribution in [1.82, 2.24) is 14.5 Å². The topological polar surface area (TPSA) is 59.8 Å². The Kier molecular flexibility index (Phi) is 4.96. The lowest BCUT2D eigenvalue weighted by molar-refractivity contribution is -0.142. The standard InChI is InChI=1S/C19H10F6N4OS/c20-18(21,22)15-7-10(1-4-27-15)28-17(30)12-2-5-29(16(12)19(23,24)25)13-8-26-9-14-11(13)3-6-31-14/h1-9H,(H,27,28,30). The van der Waals surface area contributed by atoms with E-state index in [4.69, 9.17) is 0 Å². The number of alkyl halides is 6. The molecule has 1 amide bonds. The molecule has 4 heterocycles. The van der Waals surface area contributed by atoms with Gasteiger partial charge in [-0.2, -0.15) is 26.3 Å². The second-order valence-corrected chi connectivity index (χ2v) is 7.27. The minimum absolute atomic E-state index is 0.119. The molecule has 160 valence electrons. The Morgan fingerprint density at radius 1 is 1.03 bits per heavy atom. The molecule has 4 rings (SSSR count). The molecule has 0 bridgehead atoms. The number of rotatable bonds is 3. The van der Waals surface area contributed by atoms with Crippen LogP contribution in [0, 0.1) is 0 Å². The summed E-state index contributed by atoms with van der Waals surface area (Å²) in [5.74, 6) is -1.21. The monoisotopic (exact) mass is 456 g/mol. The van der Waals surface area contributed by atoms with Crippen molar-refractivity contribution in [3.63, 3.8) is 0 Å². The maximum Gasteiger partial charge on any atom is 0.433 e. The quantitative estimate of drug-likeness (QED) is 0.398. The first-order valence-corrected chi connectivity index (χ1v) is 9.38. The highest BCUT2D eigenvalue weighted by Gasteiger charge is 2.40. The number of pyridine rings is 2. The van der Waals surface area contributed by atoms with Crippen molar-refractivity contribution in [2.45, 2.75) is 12.4 Å². The lowest BCUT2D eigenvalue weighted by Crippen LogP contribution is -2.21. The summed E-state index contributed by atoms with van der Waals surface area (Å²) >= 11 is 1.29. The third kappa shape index (κ3) is 3.98. The van der Waals surface area contributed by atoms with Gasteiger partial charge >= 0.3 is 12.4 Å². The summed E-state index contributed by atoms with van der Waals surface area (Å²) in [5, 5.41) is 4.28. The molecular weight excluding hydrogens is 446 g/mol. The largest absolute Gasteiger partial charge is 0.433 e. The van der Waals surface area contributed by atoms with E-state index < -0.39 is 35.2 Å². The van der Waals surface area contributed by atoms with Crippen LogP contribution in [0.15, 0.2) is 54.4 Å². The number of thiophene rings is 1. The molecular formula is C19H10F6N4OS. The van der Waals surface area contributed by atoms with E-state index in [-0.39, 0.29) is 11.4 Å². The van der Waals surface area contributed by atoms with Gasteiger partial charge in [0.05, 0.1) is 22.1 Å². The number of carbonyl (C=O) groups is 1. The van der Waals surface area contributed by atoms with Gasteiger partial charge in [-0.1, -0.05) is 0 Å². The van der Waals surface area contributed by atoms with E-state index in [9.17, 15) is 31.1 Å². The summed E-state index contributed by atoms with van der Waals surface area (Å²) in [5.41, 5.74) is -3.52. The second-order valence-electron chi connectivity index (χ2n) is 6.32. The number of carbonyl (C=O) groups excluding carboxylic acids is 1. The van der Waals surface area contributed by atoms with E-state index in [0.717, 1.165) is 29.1 Å². The van der Waals surface area contributed by atoms with Crippen LogP contribution in [0.25, 0.3) is 15.8 Å². The van der Waals surface area contributed by atoms with Gasteiger partial charge in [0.15, 0.2) is 0 Å². The summed E-state index contributed by atoms with van der Waals surface area (Å²) < 4.78 is 81.6. The Morgan fingerprint density at radius 3 is 2.52 bits per heavy atom. The summed E-state index contributed by atoms with van der Waals surface area (Å²) in [6, 6.07) is 4.17. The lowest BCUT2D eigenvalue weighted by Gasteiger charge is -2.15. The number of fused-ring (bicyclic) bond motifs is 1. The van der Waals surface area contributed by atoms with E-state index in [1.54, 1.807) is 11.4 Å². The van der Waals surface area contributed by atoms with Crippen LogP contribution in [-0.2, 0) is 12.4 Å². The van der Waals surface area contributed by atoms with Gasteiger partial charge < -0.3 is 9.88 Å². The van der Waals surface area contributed by atoms with Gasteiger partial charge in [-0.3, -0.25) is 14.8 Å². The Morgan fingerprint density at radius 2 is 1.81 bits per heavy atom. The Labute approximate surface area is 174 Å². The smallest absolute Gasteiger partial charge is 0.322 e. The number of hydrogen-bond donors (Lipinski definition) is 1. The summed E-state index contributed by atoms with van der Waals surface area (Å²) in [6.07, 6.45) is -5.08. The van der Waals surface area contributed by atoms with Crippen molar-refractivity contribution in [2.24, 2.45) is 0 Å². The third-order valence-corrected chi connectivity index (χ3v) is 5.18. The van der Waals surface area contributed by atoms with Crippen molar-refractivity contribution >= 4 is 33.0 Å². The van der Waals surface area contributed by atoms with Crippen molar-refractivity contribution in [3.8, 4) is 5.69 Å². The SMILES string of the molecule is O=C(Nc1ccnc(C(F)(F)F)c1)c1ccn(-c2cncc3sccc23)c1C(F)(F)F. The normalized spacial score (nSPS) is 12.3. The molecule has 4 aromatic heterocycles. The van der Waals surface area contributed by atoms with E-state index in [1.807, 2.05) is 0 Å². The first-order chi connectivity index (χ1) is 14.6. The highest BCUT2D eigenvalue weighted by atomic mass is 32.1. The maximum absolute atomic E-state index is 13.9. The molecule has 0 saturated heterocycles. The van der Waals surface area contributed by atoms with Crippen LogP contribution >= 0.6 is 11.3 Å². The van der Waals surface area contributed by atoms with Crippen LogP contribution in [0.3, 0.4) is 0 Å². The average molecular weight is 456 g/mol. The molecule has 1 N–H and O–H groups in total. The zero-order valence-electron chi connectivity index (χ0n) is 15.1. The molecule has 0 spiro atoms. The second kappa shape index (κ2) is 7.38. The Bertz CT molecular complexity index is 1270. The first-order valence-electron chi connectivity index (χ1n) is 8.50. The molecule has 0 radical (unpaired) electrons. The van der Waals surface area contributed by atoms with Crippen LogP contribution in [0.1, 0.15) is 21.7 Å². The van der Waals surface area contributed by atoms with Gasteiger partial charge in [0.1, 0.15) is 11.4 Å². The number of halogens is 6. The zero-order valence-corrected chi connectivity index (χ0v) is 15.9. The molecule has 5 nitrogen and oxygen atoms in total. The van der Waals surface area contributed by atoms with E-state index in [1.165, 1.54) is 23.7 Å². The van der Waals surface area contributed by atoms with Crippen LogP contribution in [0.4, 0.5) is 32.0 Å². The fraction of sp³-hybridized carbons (Fsp3) is 0.105. The van der Waals surface area contributed by atoms with E-state index >= 15 is 0 Å². The number of hydrogen-bond acceptors (Lipinski definition) is 4. The van der Waals surface area contributed by atoms with Gasteiger partial charge in [-0.05, 0) is 29.6 Å². The number of nitrogens with one attached hydrogen (secondary N) is 1. The number of aromatic nitrogens is 3. The van der Waals surface area contributed by atoms with Crippen molar-refractivity contribution < 1.29 is 31.1 Å². The highest BCUT2D eigenvalue weighted by molar-refractivity contribution is 7.17. The average Bonchev–Trinajstić information content (AvgIpc) is 3.34. The number of nitrogens with zero attached hydrogens (tertiary/aromatic N) is 3. The molecule has 0 aliphatic carbocycles. The summed E-state index contributed by atoms with van der Waals surface area (Å²) in [6.45, 7) is 0. The van der Waals surface area contributed by atoms with Gasteiger partial charge in [0, 0.05) is 29.7 Å². The molecule has 0 saturated carbocycles. The molecule has 12 heteroatoms. The van der Waals surface area contributed by atoms with Gasteiger partial charge in [0.25, 0.3) is 5.91 Å². The summed E-state index contributed by atoms with van der Waals surface area (Å²) in [4.78, 5) is 19.7. The zero-order chi connectivity index (χ0) is 22.4. The van der Waals surface area contributed by atoms with Crippen molar-refractivity contribution in [3.05, 3.63) is 71.4 Å². The fourth-order valence-electron chi connectivity index (χ4n) is 3.04. The Balaban J connectivity index is 1.76. The molecule has 0 atom stereocenters. The molecule has 4 aromatic rings. The highest BCUT2D eigenvalue weighted by Crippen LogP contribution is 2.37. The van der Waals surface area contributed by atoms with Crippen molar-refractivity contribution in [1.29, 1.82) is 0 Å². The maximum atomic E-state index is 13.9. The van der Waals surface area contributed by atoms with Crippen molar-refractivity contribution in [2.75, 3.05) is 5.32 Å². The molecule has 0 aliphatic rings. The van der Waals surface area contributed by atoms with Crippen LogP contribution in [0.2, 0.25) is 0 Å². The van der Waals surface area contributed by atoms with Crippen LogP contribution < -0.4 is 5.32 Å². The van der Waals surface area contributed by atoms with Gasteiger partial charge in [0.2, 0.25) is 0 Å². The van der Waals surface area contributed by atoms with Gasteiger partial charge in [-0.15, -0.1) is 11.3 Å². The molecule has 0 fully saturated rings. The number of anilines is 1. The molecule has 31 heavy (non-hydrogen) atoms. The first kappa shape index (κ1) is 20.8. The minimum atomic E-state index is -4.93. The van der Waals surface area contributed by atoms with Crippen LogP contribution in [-0.4, -0.2) is 20.4 Å². The van der Waals surface area contributed by atoms with E-state index in [2.05, 4.69) is 15.3 Å². The summed E-state index contributed by atoms with van der Waals surface area (Å²) in [7, 11) is 0.